The lowest BCUT2D eigenvalue weighted by molar-refractivity contribution is 0.554. The summed E-state index contributed by atoms with van der Waals surface area (Å²) in [7, 11) is 0. The van der Waals surface area contributed by atoms with Crippen LogP contribution in [0.25, 0.3) is 10.4 Å². The summed E-state index contributed by atoms with van der Waals surface area (Å²) in [6.07, 6.45) is 0. The van der Waals surface area contributed by atoms with E-state index in [0.717, 1.165) is 10.4 Å². The van der Waals surface area contributed by atoms with E-state index in [1.54, 1.807) is 13.0 Å². The molecule has 2 aromatic rings. The Labute approximate surface area is 95.7 Å². The van der Waals surface area contributed by atoms with Crippen LogP contribution in [0.2, 0.25) is 4.34 Å². The molecule has 2 rings (SSSR count). The van der Waals surface area contributed by atoms with Crippen molar-refractivity contribution in [1.29, 1.82) is 5.26 Å². The topological polar surface area (TPSA) is 62.9 Å². The number of aryl methyl sites for hydroxylation is 1. The molecule has 0 unspecified atom stereocenters. The smallest absolute Gasteiger partial charge is 0.209 e. The highest BCUT2D eigenvalue weighted by atomic mass is 35.5. The Morgan fingerprint density at radius 1 is 1.53 bits per heavy atom. The Balaban J connectivity index is 2.67. The summed E-state index contributed by atoms with van der Waals surface area (Å²) in [5.74, 6) is 0.803. The van der Waals surface area contributed by atoms with Crippen LogP contribution in [0.5, 0.6) is 0 Å². The van der Waals surface area contributed by atoms with Gasteiger partial charge in [0.2, 0.25) is 5.88 Å². The average Bonchev–Trinajstić information content (AvgIpc) is 2.70. The predicted molar refractivity (Wildman–Crippen MR) is 60.9 cm³/mol. The largest absolute Gasteiger partial charge is 0.444 e. The van der Waals surface area contributed by atoms with Gasteiger partial charge in [-0.05, 0) is 19.1 Å². The maximum atomic E-state index is 8.96. The molecule has 5 heteroatoms. The lowest BCUT2D eigenvalue weighted by Gasteiger charge is -1.93. The molecule has 3 nitrogen and oxygen atoms in total. The van der Waals surface area contributed by atoms with E-state index in [9.17, 15) is 0 Å². The molecule has 15 heavy (non-hydrogen) atoms. The Morgan fingerprint density at radius 2 is 2.27 bits per heavy atom. The highest BCUT2D eigenvalue weighted by molar-refractivity contribution is 7.19. The van der Waals surface area contributed by atoms with Crippen LogP contribution in [-0.4, -0.2) is 0 Å². The highest BCUT2D eigenvalue weighted by Gasteiger charge is 2.18. The molecule has 0 radical (unpaired) electrons. The number of thiophene rings is 1. The van der Waals surface area contributed by atoms with Gasteiger partial charge in [0.05, 0.1) is 9.90 Å². The first kappa shape index (κ1) is 10.1. The SMILES string of the molecule is Cc1oc(N)c(C#N)c1-c1ccc(Cl)s1. The van der Waals surface area contributed by atoms with Crippen molar-refractivity contribution in [3.8, 4) is 16.5 Å². The predicted octanol–water partition coefficient (Wildman–Crippen LogP) is 3.42. The van der Waals surface area contributed by atoms with Crippen molar-refractivity contribution in [3.05, 3.63) is 27.8 Å². The Bertz CT molecular complexity index is 550. The van der Waals surface area contributed by atoms with Crippen molar-refractivity contribution < 1.29 is 4.42 Å². The summed E-state index contributed by atoms with van der Waals surface area (Å²) in [6, 6.07) is 5.67. The van der Waals surface area contributed by atoms with E-state index < -0.39 is 0 Å². The summed E-state index contributed by atoms with van der Waals surface area (Å²) in [6.45, 7) is 1.78. The Morgan fingerprint density at radius 3 is 2.80 bits per heavy atom. The zero-order valence-electron chi connectivity index (χ0n) is 7.87. The number of hydrogen-bond donors (Lipinski definition) is 1. The second-order valence-corrected chi connectivity index (χ2v) is 4.70. The molecule has 76 valence electrons. The molecule has 2 heterocycles. The number of halogens is 1. The Hall–Kier alpha value is -1.44. The molecule has 0 aromatic carbocycles. The van der Waals surface area contributed by atoms with Crippen molar-refractivity contribution in [1.82, 2.24) is 0 Å². The van der Waals surface area contributed by atoms with Gasteiger partial charge in [-0.3, -0.25) is 0 Å². The molecule has 0 aliphatic rings. The van der Waals surface area contributed by atoms with Crippen LogP contribution in [-0.2, 0) is 0 Å². The minimum atomic E-state index is 0.162. The molecule has 0 amide bonds. The minimum absolute atomic E-state index is 0.162. The van der Waals surface area contributed by atoms with Crippen molar-refractivity contribution >= 4 is 28.8 Å². The van der Waals surface area contributed by atoms with E-state index in [2.05, 4.69) is 0 Å². The first-order chi connectivity index (χ1) is 7.13. The molecule has 0 aliphatic carbocycles. The number of anilines is 1. The molecule has 0 fully saturated rings. The number of nitriles is 1. The van der Waals surface area contributed by atoms with Crippen molar-refractivity contribution in [2.45, 2.75) is 6.92 Å². The van der Waals surface area contributed by atoms with E-state index in [1.165, 1.54) is 11.3 Å². The van der Waals surface area contributed by atoms with Gasteiger partial charge in [0.25, 0.3) is 0 Å². The maximum Gasteiger partial charge on any atom is 0.209 e. The van der Waals surface area contributed by atoms with Crippen LogP contribution < -0.4 is 5.73 Å². The molecule has 0 spiro atoms. The van der Waals surface area contributed by atoms with Crippen molar-refractivity contribution in [2.24, 2.45) is 0 Å². The zero-order valence-corrected chi connectivity index (χ0v) is 9.45. The molecule has 2 N–H and O–H groups in total. The van der Waals surface area contributed by atoms with E-state index in [0.29, 0.717) is 15.7 Å². The van der Waals surface area contributed by atoms with E-state index in [-0.39, 0.29) is 5.88 Å². The number of hydrogen-bond acceptors (Lipinski definition) is 4. The summed E-state index contributed by atoms with van der Waals surface area (Å²) < 4.78 is 5.89. The second-order valence-electron chi connectivity index (χ2n) is 2.99. The molecule has 0 atom stereocenters. The fourth-order valence-electron chi connectivity index (χ4n) is 1.42. The van der Waals surface area contributed by atoms with Crippen LogP contribution in [0.4, 0.5) is 5.88 Å². The lowest BCUT2D eigenvalue weighted by atomic mass is 10.1. The maximum absolute atomic E-state index is 8.96. The van der Waals surface area contributed by atoms with Gasteiger partial charge >= 0.3 is 0 Å². The molecular weight excluding hydrogens is 232 g/mol. The number of nitrogen functional groups attached to an aromatic ring is 1. The summed E-state index contributed by atoms with van der Waals surface area (Å²) in [5.41, 5.74) is 6.70. The van der Waals surface area contributed by atoms with Crippen molar-refractivity contribution in [3.63, 3.8) is 0 Å². The van der Waals surface area contributed by atoms with E-state index in [1.807, 2.05) is 12.1 Å². The molecule has 0 aliphatic heterocycles. The van der Waals surface area contributed by atoms with Gasteiger partial charge in [0.15, 0.2) is 0 Å². The van der Waals surface area contributed by atoms with Gasteiger partial charge in [-0.2, -0.15) is 5.26 Å². The number of rotatable bonds is 1. The van der Waals surface area contributed by atoms with Gasteiger partial charge in [-0.25, -0.2) is 0 Å². The van der Waals surface area contributed by atoms with Crippen LogP contribution in [0, 0.1) is 18.3 Å². The van der Waals surface area contributed by atoms with Gasteiger partial charge in [-0.15, -0.1) is 11.3 Å². The lowest BCUT2D eigenvalue weighted by Crippen LogP contribution is -1.84. The van der Waals surface area contributed by atoms with E-state index >= 15 is 0 Å². The van der Waals surface area contributed by atoms with Gasteiger partial charge in [-0.1, -0.05) is 11.6 Å². The third-order valence-electron chi connectivity index (χ3n) is 2.04. The molecule has 0 bridgehead atoms. The quantitative estimate of drug-likeness (QED) is 0.828. The normalized spacial score (nSPS) is 10.2. The van der Waals surface area contributed by atoms with Crippen LogP contribution in [0.15, 0.2) is 16.5 Å². The molecular formula is C10H7ClN2OS. The number of nitrogens with zero attached hydrogens (tertiary/aromatic N) is 1. The molecule has 0 saturated heterocycles. The molecule has 2 aromatic heterocycles. The zero-order chi connectivity index (χ0) is 11.0. The number of nitrogens with two attached hydrogens (primary N) is 1. The third kappa shape index (κ3) is 1.60. The van der Waals surface area contributed by atoms with Gasteiger partial charge in [0.1, 0.15) is 17.4 Å². The van der Waals surface area contributed by atoms with Crippen molar-refractivity contribution in [2.75, 3.05) is 5.73 Å². The summed E-state index contributed by atoms with van der Waals surface area (Å²) in [5, 5.41) is 8.96. The molecule has 0 saturated carbocycles. The van der Waals surface area contributed by atoms with E-state index in [4.69, 9.17) is 27.0 Å². The highest BCUT2D eigenvalue weighted by Crippen LogP contribution is 2.38. The van der Waals surface area contributed by atoms with Gasteiger partial charge in [0, 0.05) is 4.88 Å². The summed E-state index contributed by atoms with van der Waals surface area (Å²) in [4.78, 5) is 0.898. The summed E-state index contributed by atoms with van der Waals surface area (Å²) >= 11 is 7.24. The minimum Gasteiger partial charge on any atom is -0.444 e. The second kappa shape index (κ2) is 3.61. The third-order valence-corrected chi connectivity index (χ3v) is 3.29. The fraction of sp³-hybridized carbons (Fsp3) is 0.100. The Kier molecular flexibility index (Phi) is 2.43. The first-order valence-corrected chi connectivity index (χ1v) is 5.37. The van der Waals surface area contributed by atoms with Crippen LogP contribution in [0.1, 0.15) is 11.3 Å². The van der Waals surface area contributed by atoms with Crippen LogP contribution >= 0.6 is 22.9 Å². The monoisotopic (exact) mass is 238 g/mol. The number of furan rings is 1. The van der Waals surface area contributed by atoms with Crippen LogP contribution in [0.3, 0.4) is 0 Å². The van der Waals surface area contributed by atoms with Gasteiger partial charge < -0.3 is 10.2 Å². The fourth-order valence-corrected chi connectivity index (χ4v) is 2.57. The first-order valence-electron chi connectivity index (χ1n) is 4.18. The standard InChI is InChI=1S/C10H7ClN2OS/c1-5-9(6(4-12)10(13)14-5)7-2-3-8(11)15-7/h2-3H,13H2,1H3. The average molecular weight is 239 g/mol.